The number of alkyl halides is 2. The summed E-state index contributed by atoms with van der Waals surface area (Å²) in [6.07, 6.45) is 4.86. The molecule has 4 rings (SSSR count). The molecule has 0 aliphatic heterocycles. The van der Waals surface area contributed by atoms with Crippen LogP contribution in [0.1, 0.15) is 38.5 Å². The van der Waals surface area contributed by atoms with E-state index in [0.717, 1.165) is 11.8 Å². The molecule has 0 radical (unpaired) electrons. The maximum Gasteiger partial charge on any atom is 0.337 e. The van der Waals surface area contributed by atoms with Gasteiger partial charge < -0.3 is 18.8 Å². The van der Waals surface area contributed by atoms with Gasteiger partial charge in [-0.05, 0) is 55.8 Å². The lowest BCUT2D eigenvalue weighted by Gasteiger charge is -2.53. The van der Waals surface area contributed by atoms with E-state index in [4.69, 9.17) is 14.2 Å². The molecule has 4 bridgehead atoms. The molecular weight excluding hydrogens is 398 g/mol. The highest BCUT2D eigenvalue weighted by atomic mass is 32.2. The Labute approximate surface area is 163 Å². The molecule has 0 unspecified atom stereocenters. The Hall–Kier alpha value is -1.10. The van der Waals surface area contributed by atoms with E-state index in [1.807, 2.05) is 0 Å². The van der Waals surface area contributed by atoms with E-state index in [1.54, 1.807) is 0 Å². The zero-order valence-corrected chi connectivity index (χ0v) is 16.3. The molecule has 28 heavy (non-hydrogen) atoms. The van der Waals surface area contributed by atoms with Crippen LogP contribution in [0.4, 0.5) is 8.78 Å². The first-order chi connectivity index (χ1) is 13.1. The van der Waals surface area contributed by atoms with Crippen molar-refractivity contribution in [1.82, 2.24) is 0 Å². The molecule has 0 aromatic rings. The third-order valence-corrected chi connectivity index (χ3v) is 6.99. The van der Waals surface area contributed by atoms with Crippen molar-refractivity contribution in [3.05, 3.63) is 12.2 Å². The topological polar surface area (TPSA) is 102 Å². The summed E-state index contributed by atoms with van der Waals surface area (Å²) in [5, 5.41) is -4.42. The fraction of sp³-hybridized carbons (Fsp3) is 0.833. The lowest BCUT2D eigenvalue weighted by Crippen LogP contribution is -2.49. The second-order valence-electron chi connectivity index (χ2n) is 8.11. The summed E-state index contributed by atoms with van der Waals surface area (Å²) in [5.41, 5.74) is -0.109. The molecule has 0 N–H and O–H groups in total. The van der Waals surface area contributed by atoms with Gasteiger partial charge >= 0.3 is 11.2 Å². The second-order valence-corrected chi connectivity index (χ2v) is 9.61. The first-order valence-corrected chi connectivity index (χ1v) is 10.8. The summed E-state index contributed by atoms with van der Waals surface area (Å²) in [5.74, 6) is 1.91. The van der Waals surface area contributed by atoms with Crippen molar-refractivity contribution < 1.29 is 40.8 Å². The van der Waals surface area contributed by atoms with Gasteiger partial charge in [0.25, 0.3) is 0 Å². The zero-order chi connectivity index (χ0) is 20.5. The third-order valence-electron chi connectivity index (χ3n) is 6.06. The van der Waals surface area contributed by atoms with Crippen LogP contribution in [0.3, 0.4) is 0 Å². The smallest absolute Gasteiger partial charge is 0.337 e. The van der Waals surface area contributed by atoms with E-state index >= 15 is 0 Å². The first-order valence-electron chi connectivity index (χ1n) is 9.44. The van der Waals surface area contributed by atoms with E-state index in [-0.39, 0.29) is 18.5 Å². The summed E-state index contributed by atoms with van der Waals surface area (Å²) in [7, 11) is -5.74. The van der Waals surface area contributed by atoms with E-state index < -0.39 is 41.0 Å². The van der Waals surface area contributed by atoms with Gasteiger partial charge in [0.15, 0.2) is 16.9 Å². The van der Waals surface area contributed by atoms with Gasteiger partial charge in [0.2, 0.25) is 0 Å². The third kappa shape index (κ3) is 4.90. The maximum absolute atomic E-state index is 13.0. The molecule has 0 amide bonds. The van der Waals surface area contributed by atoms with Gasteiger partial charge in [-0.3, -0.25) is 0 Å². The zero-order valence-electron chi connectivity index (χ0n) is 15.5. The minimum atomic E-state index is -5.74. The SMILES string of the molecule is C=C(COCCC(F)(F)S(=O)(=O)[O-])C(=O)OCOC1C2CC3CC(C2)CC1C3. The Morgan fingerprint density at radius 2 is 1.68 bits per heavy atom. The molecule has 0 heterocycles. The molecule has 0 atom stereocenters. The van der Waals surface area contributed by atoms with E-state index in [9.17, 15) is 26.5 Å². The van der Waals surface area contributed by atoms with Crippen LogP contribution in [0.2, 0.25) is 0 Å². The average molecular weight is 423 g/mol. The van der Waals surface area contributed by atoms with E-state index in [0.29, 0.717) is 11.8 Å². The molecule has 0 saturated heterocycles. The Balaban J connectivity index is 1.32. The second kappa shape index (κ2) is 8.33. The van der Waals surface area contributed by atoms with Crippen molar-refractivity contribution in [2.24, 2.45) is 23.7 Å². The van der Waals surface area contributed by atoms with Crippen molar-refractivity contribution in [2.75, 3.05) is 20.0 Å². The molecule has 10 heteroatoms. The number of ether oxygens (including phenoxy) is 3. The van der Waals surface area contributed by atoms with Crippen LogP contribution < -0.4 is 0 Å². The van der Waals surface area contributed by atoms with Crippen molar-refractivity contribution in [1.29, 1.82) is 0 Å². The molecule has 0 aromatic heterocycles. The molecule has 0 spiro atoms. The lowest BCUT2D eigenvalue weighted by atomic mass is 9.55. The van der Waals surface area contributed by atoms with Gasteiger partial charge in [-0.1, -0.05) is 6.58 Å². The quantitative estimate of drug-likeness (QED) is 0.175. The van der Waals surface area contributed by atoms with Gasteiger partial charge in [-0.2, -0.15) is 8.78 Å². The van der Waals surface area contributed by atoms with Crippen LogP contribution >= 0.6 is 0 Å². The average Bonchev–Trinajstić information content (AvgIpc) is 2.59. The Kier molecular flexibility index (Phi) is 6.43. The van der Waals surface area contributed by atoms with Gasteiger partial charge in [0.1, 0.15) is 0 Å². The fourth-order valence-electron chi connectivity index (χ4n) is 4.99. The monoisotopic (exact) mass is 423 g/mol. The van der Waals surface area contributed by atoms with Crippen LogP contribution in [-0.2, 0) is 29.1 Å². The molecule has 7 nitrogen and oxygen atoms in total. The molecule has 4 saturated carbocycles. The van der Waals surface area contributed by atoms with Gasteiger partial charge in [0, 0.05) is 6.42 Å². The maximum atomic E-state index is 13.0. The number of carbonyl (C=O) groups is 1. The summed E-state index contributed by atoms with van der Waals surface area (Å²) in [4.78, 5) is 11.9. The number of hydrogen-bond donors (Lipinski definition) is 0. The number of halogens is 2. The molecule has 0 aromatic carbocycles. The lowest BCUT2D eigenvalue weighted by molar-refractivity contribution is -0.184. The Bertz CT molecular complexity index is 679. The van der Waals surface area contributed by atoms with Crippen LogP contribution in [-0.4, -0.2) is 50.3 Å². The summed E-state index contributed by atoms with van der Waals surface area (Å²) in [6.45, 7) is 2.13. The summed E-state index contributed by atoms with van der Waals surface area (Å²) >= 11 is 0. The number of hydrogen-bond acceptors (Lipinski definition) is 7. The molecule has 4 aliphatic rings. The van der Waals surface area contributed by atoms with Crippen LogP contribution in [0, 0.1) is 23.7 Å². The largest absolute Gasteiger partial charge is 0.743 e. The summed E-state index contributed by atoms with van der Waals surface area (Å²) in [6, 6.07) is 0. The first kappa shape index (κ1) is 21.6. The van der Waals surface area contributed by atoms with E-state index in [1.165, 1.54) is 32.1 Å². The van der Waals surface area contributed by atoms with Crippen LogP contribution in [0.25, 0.3) is 0 Å². The minimum absolute atomic E-state index is 0.109. The highest BCUT2D eigenvalue weighted by Gasteiger charge is 2.48. The van der Waals surface area contributed by atoms with Gasteiger partial charge in [-0.25, -0.2) is 13.2 Å². The minimum Gasteiger partial charge on any atom is -0.743 e. The summed E-state index contributed by atoms with van der Waals surface area (Å²) < 4.78 is 72.7. The van der Waals surface area contributed by atoms with Crippen LogP contribution in [0.5, 0.6) is 0 Å². The molecule has 4 fully saturated rings. The van der Waals surface area contributed by atoms with Crippen LogP contribution in [0.15, 0.2) is 12.2 Å². The van der Waals surface area contributed by atoms with Crippen molar-refractivity contribution in [3.8, 4) is 0 Å². The normalized spacial score (nSPS) is 31.8. The van der Waals surface area contributed by atoms with Gasteiger partial charge in [-0.15, -0.1) is 0 Å². The Morgan fingerprint density at radius 3 is 2.21 bits per heavy atom. The fourth-order valence-corrected chi connectivity index (χ4v) is 5.32. The molecule has 160 valence electrons. The molecular formula is C18H25F2O7S-. The predicted octanol–water partition coefficient (Wildman–Crippen LogP) is 2.43. The highest BCUT2D eigenvalue weighted by Crippen LogP contribution is 2.54. The predicted molar refractivity (Wildman–Crippen MR) is 92.1 cm³/mol. The highest BCUT2D eigenvalue weighted by molar-refractivity contribution is 7.86. The van der Waals surface area contributed by atoms with Crippen molar-refractivity contribution >= 4 is 16.1 Å². The van der Waals surface area contributed by atoms with E-state index in [2.05, 4.69) is 6.58 Å². The number of esters is 1. The Morgan fingerprint density at radius 1 is 1.11 bits per heavy atom. The van der Waals surface area contributed by atoms with Crippen molar-refractivity contribution in [2.45, 2.75) is 49.9 Å². The standard InChI is InChI=1S/C18H26F2O7S/c1-11(9-25-3-2-18(19,20)28(22,23)24)17(21)27-10-26-16-14-5-12-4-13(7-14)8-15(16)6-12/h12-16H,1-10H2,(H,22,23,24)/p-1. The van der Waals surface area contributed by atoms with Gasteiger partial charge in [0.05, 0.1) is 24.9 Å². The number of rotatable bonds is 10. The van der Waals surface area contributed by atoms with Crippen molar-refractivity contribution in [3.63, 3.8) is 0 Å². The number of carbonyl (C=O) groups excluding carboxylic acids is 1. The molecule has 4 aliphatic carbocycles.